The fraction of sp³-hybridized carbons (Fsp3) is 0.679. The Morgan fingerprint density at radius 2 is 1.73 bits per heavy atom. The van der Waals surface area contributed by atoms with E-state index < -0.39 is 41.3 Å². The first kappa shape index (κ1) is 28.6. The van der Waals surface area contributed by atoms with Gasteiger partial charge in [-0.2, -0.15) is 0 Å². The van der Waals surface area contributed by atoms with Crippen molar-refractivity contribution in [3.8, 4) is 0 Å². The third kappa shape index (κ3) is 6.87. The second-order valence-electron chi connectivity index (χ2n) is 11.9. The van der Waals surface area contributed by atoms with Gasteiger partial charge in [0.2, 0.25) is 11.8 Å². The van der Waals surface area contributed by atoms with Gasteiger partial charge in [-0.15, -0.1) is 0 Å². The van der Waals surface area contributed by atoms with Gasteiger partial charge < -0.3 is 20.6 Å². The maximum atomic E-state index is 13.8. The SMILES string of the molecule is CC(C)[C@H]1CCN(C(=O)[C@@H](NC(=O)[C@@H](NC(=O)c2cccnc2)C2CCCCC2)C(C)(C)C)[C@@H]1C(=O)O. The maximum Gasteiger partial charge on any atom is 0.326 e. The fourth-order valence-electron chi connectivity index (χ4n) is 5.71. The Hall–Kier alpha value is -2.97. The molecule has 3 rings (SSSR count). The molecule has 1 aromatic heterocycles. The molecule has 37 heavy (non-hydrogen) atoms. The van der Waals surface area contributed by atoms with Crippen molar-refractivity contribution < 1.29 is 24.3 Å². The van der Waals surface area contributed by atoms with E-state index in [0.717, 1.165) is 32.1 Å². The molecule has 1 saturated heterocycles. The molecule has 9 heteroatoms. The molecule has 4 atom stereocenters. The molecule has 1 aromatic rings. The molecular formula is C28H42N4O5. The second-order valence-corrected chi connectivity index (χ2v) is 11.9. The first-order valence-corrected chi connectivity index (χ1v) is 13.5. The number of carboxylic acid groups (broad SMARTS) is 1. The van der Waals surface area contributed by atoms with E-state index in [4.69, 9.17) is 0 Å². The average molecular weight is 515 g/mol. The first-order valence-electron chi connectivity index (χ1n) is 13.5. The van der Waals surface area contributed by atoms with Crippen LogP contribution in [0.25, 0.3) is 0 Å². The molecule has 1 aliphatic carbocycles. The van der Waals surface area contributed by atoms with Crippen LogP contribution in [0.4, 0.5) is 0 Å². The maximum absolute atomic E-state index is 13.8. The molecule has 3 amide bonds. The predicted octanol–water partition coefficient (Wildman–Crippen LogP) is 3.25. The van der Waals surface area contributed by atoms with Crippen LogP contribution < -0.4 is 10.6 Å². The number of rotatable bonds is 8. The Kier molecular flexibility index (Phi) is 9.31. The highest BCUT2D eigenvalue weighted by atomic mass is 16.4. The van der Waals surface area contributed by atoms with Crippen LogP contribution in [0.1, 0.15) is 83.5 Å². The molecule has 2 heterocycles. The van der Waals surface area contributed by atoms with Gasteiger partial charge in [-0.25, -0.2) is 4.79 Å². The van der Waals surface area contributed by atoms with E-state index in [1.54, 1.807) is 18.3 Å². The highest BCUT2D eigenvalue weighted by Gasteiger charge is 2.47. The summed E-state index contributed by atoms with van der Waals surface area (Å²) in [5.41, 5.74) is -0.309. The van der Waals surface area contributed by atoms with Gasteiger partial charge in [0.15, 0.2) is 0 Å². The van der Waals surface area contributed by atoms with Gasteiger partial charge in [0, 0.05) is 18.9 Å². The zero-order valence-electron chi connectivity index (χ0n) is 22.7. The minimum absolute atomic E-state index is 0.0473. The minimum Gasteiger partial charge on any atom is -0.480 e. The van der Waals surface area contributed by atoms with Crippen LogP contribution in [0.2, 0.25) is 0 Å². The van der Waals surface area contributed by atoms with E-state index in [9.17, 15) is 24.3 Å². The largest absolute Gasteiger partial charge is 0.480 e. The number of nitrogens with zero attached hydrogens (tertiary/aromatic N) is 2. The summed E-state index contributed by atoms with van der Waals surface area (Å²) < 4.78 is 0. The number of aromatic nitrogens is 1. The van der Waals surface area contributed by atoms with E-state index in [2.05, 4.69) is 15.6 Å². The van der Waals surface area contributed by atoms with Crippen LogP contribution in [0.3, 0.4) is 0 Å². The van der Waals surface area contributed by atoms with Gasteiger partial charge in [0.25, 0.3) is 5.91 Å². The van der Waals surface area contributed by atoms with Crippen LogP contribution in [-0.4, -0.2) is 63.4 Å². The van der Waals surface area contributed by atoms with E-state index in [1.807, 2.05) is 34.6 Å². The number of hydrogen-bond acceptors (Lipinski definition) is 5. The van der Waals surface area contributed by atoms with Gasteiger partial charge >= 0.3 is 5.97 Å². The topological polar surface area (TPSA) is 129 Å². The van der Waals surface area contributed by atoms with Crippen LogP contribution >= 0.6 is 0 Å². The number of carbonyl (C=O) groups is 4. The zero-order valence-corrected chi connectivity index (χ0v) is 22.7. The highest BCUT2D eigenvalue weighted by molar-refractivity contribution is 5.98. The van der Waals surface area contributed by atoms with Crippen molar-refractivity contribution >= 4 is 23.7 Å². The molecule has 0 bridgehead atoms. The lowest BCUT2D eigenvalue weighted by atomic mass is 9.82. The van der Waals surface area contributed by atoms with Crippen molar-refractivity contribution in [2.75, 3.05) is 6.54 Å². The minimum atomic E-state index is -1.02. The van der Waals surface area contributed by atoms with Crippen LogP contribution in [-0.2, 0) is 14.4 Å². The lowest BCUT2D eigenvalue weighted by Crippen LogP contribution is -2.61. The number of amides is 3. The molecule has 0 unspecified atom stereocenters. The zero-order chi connectivity index (χ0) is 27.3. The number of likely N-dealkylation sites (tertiary alicyclic amines) is 1. The van der Waals surface area contributed by atoms with Gasteiger partial charge in [-0.1, -0.05) is 53.9 Å². The van der Waals surface area contributed by atoms with Crippen LogP contribution in [0, 0.1) is 23.2 Å². The molecule has 0 radical (unpaired) electrons. The Morgan fingerprint density at radius 3 is 2.27 bits per heavy atom. The van der Waals surface area contributed by atoms with Crippen molar-refractivity contribution in [3.63, 3.8) is 0 Å². The summed E-state index contributed by atoms with van der Waals surface area (Å²) in [6.45, 7) is 9.84. The summed E-state index contributed by atoms with van der Waals surface area (Å²) in [5, 5.41) is 15.8. The van der Waals surface area contributed by atoms with Gasteiger partial charge in [-0.3, -0.25) is 19.4 Å². The third-order valence-electron chi connectivity index (χ3n) is 7.85. The van der Waals surface area contributed by atoms with Crippen LogP contribution in [0.5, 0.6) is 0 Å². The Bertz CT molecular complexity index is 969. The quantitative estimate of drug-likeness (QED) is 0.488. The second kappa shape index (κ2) is 12.0. The number of carboxylic acids is 1. The van der Waals surface area contributed by atoms with Crippen molar-refractivity contribution in [1.82, 2.24) is 20.5 Å². The molecule has 9 nitrogen and oxygen atoms in total. The van der Waals surface area contributed by atoms with Gasteiger partial charge in [-0.05, 0) is 54.6 Å². The Morgan fingerprint density at radius 1 is 1.05 bits per heavy atom. The van der Waals surface area contributed by atoms with Gasteiger partial charge in [0.1, 0.15) is 18.1 Å². The molecule has 204 valence electrons. The lowest BCUT2D eigenvalue weighted by molar-refractivity contribution is -0.152. The predicted molar refractivity (Wildman–Crippen MR) is 140 cm³/mol. The number of pyridine rings is 1. The number of aliphatic carboxylic acids is 1. The smallest absolute Gasteiger partial charge is 0.326 e. The third-order valence-corrected chi connectivity index (χ3v) is 7.85. The Labute approximate surface area is 219 Å². The normalized spacial score (nSPS) is 22.4. The molecule has 1 aliphatic heterocycles. The molecule has 2 aliphatic rings. The number of nitrogens with one attached hydrogen (secondary N) is 2. The summed E-state index contributed by atoms with van der Waals surface area (Å²) in [6, 6.07) is 0.647. The number of hydrogen-bond donors (Lipinski definition) is 3. The molecule has 0 aromatic carbocycles. The summed E-state index contributed by atoms with van der Waals surface area (Å²) in [5.74, 6) is -2.29. The van der Waals surface area contributed by atoms with E-state index in [0.29, 0.717) is 18.5 Å². The molecule has 3 N–H and O–H groups in total. The van der Waals surface area contributed by atoms with Gasteiger partial charge in [0.05, 0.1) is 5.56 Å². The lowest BCUT2D eigenvalue weighted by Gasteiger charge is -2.37. The molecule has 2 fully saturated rings. The summed E-state index contributed by atoms with van der Waals surface area (Å²) in [6.07, 6.45) is 8.30. The van der Waals surface area contributed by atoms with E-state index >= 15 is 0 Å². The highest BCUT2D eigenvalue weighted by Crippen LogP contribution is 2.33. The molecule has 0 spiro atoms. The fourth-order valence-corrected chi connectivity index (χ4v) is 5.71. The standard InChI is InChI=1S/C28H42N4O5/c1-17(2)20-13-15-32(22(20)27(36)37)26(35)23(28(3,4)5)31-25(34)21(18-10-7-6-8-11-18)30-24(33)19-12-9-14-29-16-19/h9,12,14,16-18,20-23H,6-8,10-11,13,15H2,1-5H3,(H,30,33)(H,31,34)(H,36,37)/t20-,21+,22+,23-/m1/s1. The first-order chi connectivity index (χ1) is 17.4. The van der Waals surface area contributed by atoms with Crippen molar-refractivity contribution in [1.29, 1.82) is 0 Å². The molecule has 1 saturated carbocycles. The monoisotopic (exact) mass is 514 g/mol. The van der Waals surface area contributed by atoms with Crippen LogP contribution in [0.15, 0.2) is 24.5 Å². The van der Waals surface area contributed by atoms with E-state index in [-0.39, 0.29) is 23.7 Å². The van der Waals surface area contributed by atoms with Crippen molar-refractivity contribution in [3.05, 3.63) is 30.1 Å². The van der Waals surface area contributed by atoms with E-state index in [1.165, 1.54) is 11.1 Å². The summed E-state index contributed by atoms with van der Waals surface area (Å²) in [7, 11) is 0. The number of carbonyl (C=O) groups excluding carboxylic acids is 3. The Balaban J connectivity index is 1.85. The summed E-state index contributed by atoms with van der Waals surface area (Å²) >= 11 is 0. The average Bonchev–Trinajstić information content (AvgIpc) is 3.32. The van der Waals surface area contributed by atoms with Crippen molar-refractivity contribution in [2.24, 2.45) is 23.2 Å². The molecular weight excluding hydrogens is 472 g/mol. The summed E-state index contributed by atoms with van der Waals surface area (Å²) in [4.78, 5) is 58.1. The van der Waals surface area contributed by atoms with Crippen molar-refractivity contribution in [2.45, 2.75) is 91.3 Å².